The van der Waals surface area contributed by atoms with Crippen LogP contribution in [0.5, 0.6) is 0 Å². The molecule has 0 bridgehead atoms. The van der Waals surface area contributed by atoms with E-state index < -0.39 is 5.97 Å². The number of hydrogen-bond acceptors (Lipinski definition) is 4. The van der Waals surface area contributed by atoms with Gasteiger partial charge in [0.05, 0.1) is 16.2 Å². The van der Waals surface area contributed by atoms with Crippen molar-refractivity contribution in [2.75, 3.05) is 6.61 Å². The van der Waals surface area contributed by atoms with Gasteiger partial charge in [0.1, 0.15) is 0 Å². The van der Waals surface area contributed by atoms with Gasteiger partial charge in [-0.25, -0.2) is 9.78 Å². The smallest absolute Gasteiger partial charge is 0.337 e. The summed E-state index contributed by atoms with van der Waals surface area (Å²) in [6, 6.07) is 3.45. The molecule has 0 amide bonds. The number of ether oxygens (including phenoxy) is 1. The predicted octanol–water partition coefficient (Wildman–Crippen LogP) is 3.75. The van der Waals surface area contributed by atoms with Crippen molar-refractivity contribution >= 4 is 17.7 Å². The summed E-state index contributed by atoms with van der Waals surface area (Å²) in [5.74, 6) is -0.925. The summed E-state index contributed by atoms with van der Waals surface area (Å²) < 4.78 is 6.11. The lowest BCUT2D eigenvalue weighted by molar-refractivity contribution is -0.0971. The molecule has 4 nitrogen and oxygen atoms in total. The van der Waals surface area contributed by atoms with E-state index in [1.165, 1.54) is 38.3 Å². The third-order valence-corrected chi connectivity index (χ3v) is 5.70. The molecule has 3 rings (SSSR count). The van der Waals surface area contributed by atoms with Crippen LogP contribution in [-0.4, -0.2) is 33.5 Å². The van der Waals surface area contributed by atoms with Crippen molar-refractivity contribution in [3.8, 4) is 0 Å². The van der Waals surface area contributed by atoms with Gasteiger partial charge in [0.25, 0.3) is 0 Å². The van der Waals surface area contributed by atoms with Crippen molar-refractivity contribution < 1.29 is 14.6 Å². The maximum Gasteiger partial charge on any atom is 0.337 e. The fourth-order valence-corrected chi connectivity index (χ4v) is 4.58. The molecular weight excluding hydrogens is 286 g/mol. The number of aromatic nitrogens is 1. The molecule has 0 aromatic carbocycles. The molecule has 21 heavy (non-hydrogen) atoms. The second kappa shape index (κ2) is 6.36. The van der Waals surface area contributed by atoms with Gasteiger partial charge in [-0.15, -0.1) is 11.8 Å². The highest BCUT2D eigenvalue weighted by atomic mass is 32.2. The van der Waals surface area contributed by atoms with Gasteiger partial charge in [-0.1, -0.05) is 19.3 Å². The Morgan fingerprint density at radius 3 is 2.81 bits per heavy atom. The summed E-state index contributed by atoms with van der Waals surface area (Å²) in [4.78, 5) is 15.1. The lowest BCUT2D eigenvalue weighted by Crippen LogP contribution is -2.42. The molecule has 1 aromatic rings. The van der Waals surface area contributed by atoms with Gasteiger partial charge in [0.2, 0.25) is 0 Å². The zero-order chi connectivity index (χ0) is 14.7. The van der Waals surface area contributed by atoms with Gasteiger partial charge in [-0.05, 0) is 37.8 Å². The molecule has 1 aromatic heterocycles. The number of carboxylic acid groups (broad SMARTS) is 1. The lowest BCUT2D eigenvalue weighted by atomic mass is 9.80. The van der Waals surface area contributed by atoms with Gasteiger partial charge < -0.3 is 9.84 Å². The van der Waals surface area contributed by atoms with Gasteiger partial charge in [0.15, 0.2) is 0 Å². The summed E-state index contributed by atoms with van der Waals surface area (Å²) in [5, 5.41) is 10.3. The summed E-state index contributed by atoms with van der Waals surface area (Å²) in [5.41, 5.74) is 0.352. The van der Waals surface area contributed by atoms with Crippen LogP contribution in [0.1, 0.15) is 55.3 Å². The number of nitrogens with zero attached hydrogens (tertiary/aromatic N) is 1. The number of rotatable bonds is 3. The van der Waals surface area contributed by atoms with Crippen LogP contribution in [0.25, 0.3) is 0 Å². The van der Waals surface area contributed by atoms with E-state index in [1.807, 2.05) is 6.07 Å². The summed E-state index contributed by atoms with van der Waals surface area (Å²) in [6.07, 6.45) is 9.87. The SMILES string of the molecule is O=C(O)c1ccc(SC2CCOC3(CCCCC3)C2)nc1. The lowest BCUT2D eigenvalue weighted by Gasteiger charge is -2.43. The largest absolute Gasteiger partial charge is 0.478 e. The maximum atomic E-state index is 10.8. The monoisotopic (exact) mass is 307 g/mol. The van der Waals surface area contributed by atoms with Crippen LogP contribution in [0.3, 0.4) is 0 Å². The van der Waals surface area contributed by atoms with Crippen LogP contribution in [0.15, 0.2) is 23.4 Å². The van der Waals surface area contributed by atoms with Crippen molar-refractivity contribution in [3.05, 3.63) is 23.9 Å². The van der Waals surface area contributed by atoms with Crippen molar-refractivity contribution in [1.29, 1.82) is 0 Å². The first kappa shape index (κ1) is 14.9. The summed E-state index contributed by atoms with van der Waals surface area (Å²) >= 11 is 1.77. The van der Waals surface area contributed by atoms with E-state index in [4.69, 9.17) is 9.84 Å². The Hall–Kier alpha value is -1.07. The third kappa shape index (κ3) is 3.58. The minimum absolute atomic E-state index is 0.106. The van der Waals surface area contributed by atoms with E-state index in [0.29, 0.717) is 5.25 Å². The zero-order valence-corrected chi connectivity index (χ0v) is 12.9. The van der Waals surface area contributed by atoms with Gasteiger partial charge in [0, 0.05) is 18.1 Å². The van der Waals surface area contributed by atoms with E-state index in [-0.39, 0.29) is 11.2 Å². The number of hydrogen-bond donors (Lipinski definition) is 1. The first-order chi connectivity index (χ1) is 10.2. The van der Waals surface area contributed by atoms with Gasteiger partial charge in [-0.2, -0.15) is 0 Å². The highest BCUT2D eigenvalue weighted by Gasteiger charge is 2.38. The first-order valence-electron chi connectivity index (χ1n) is 7.67. The van der Waals surface area contributed by atoms with Crippen LogP contribution in [0, 0.1) is 0 Å². The fraction of sp³-hybridized carbons (Fsp3) is 0.625. The molecule has 1 aliphatic carbocycles. The Bertz CT molecular complexity index is 491. The van der Waals surface area contributed by atoms with Gasteiger partial charge in [-0.3, -0.25) is 0 Å². The van der Waals surface area contributed by atoms with Crippen LogP contribution >= 0.6 is 11.8 Å². The number of carboxylic acids is 1. The Balaban J connectivity index is 1.62. The van der Waals surface area contributed by atoms with E-state index in [0.717, 1.165) is 24.5 Å². The number of aromatic carboxylic acids is 1. The molecule has 0 radical (unpaired) electrons. The van der Waals surface area contributed by atoms with Gasteiger partial charge >= 0.3 is 5.97 Å². The molecule has 1 atom stereocenters. The van der Waals surface area contributed by atoms with E-state index in [1.54, 1.807) is 17.8 Å². The molecule has 1 spiro atoms. The predicted molar refractivity (Wildman–Crippen MR) is 81.8 cm³/mol. The zero-order valence-electron chi connectivity index (χ0n) is 12.1. The number of carbonyl (C=O) groups is 1. The number of pyridine rings is 1. The minimum Gasteiger partial charge on any atom is -0.478 e. The van der Waals surface area contributed by atoms with E-state index in [9.17, 15) is 4.79 Å². The normalized spacial score (nSPS) is 24.9. The van der Waals surface area contributed by atoms with E-state index >= 15 is 0 Å². The molecule has 2 aliphatic rings. The minimum atomic E-state index is -0.925. The molecule has 1 N–H and O–H groups in total. The van der Waals surface area contributed by atoms with E-state index in [2.05, 4.69) is 4.98 Å². The second-order valence-corrected chi connectivity index (χ2v) is 7.34. The fourth-order valence-electron chi connectivity index (χ4n) is 3.38. The maximum absolute atomic E-state index is 10.8. The van der Waals surface area contributed by atoms with Crippen LogP contribution in [-0.2, 0) is 4.74 Å². The molecule has 2 fully saturated rings. The quantitative estimate of drug-likeness (QED) is 0.921. The standard InChI is InChI=1S/C16H21NO3S/c18-15(19)12-4-5-14(17-11-12)21-13-6-9-20-16(10-13)7-2-1-3-8-16/h4-5,11,13H,1-3,6-10H2,(H,18,19). The van der Waals surface area contributed by atoms with Crippen LogP contribution < -0.4 is 0 Å². The highest BCUT2D eigenvalue weighted by Crippen LogP contribution is 2.42. The Morgan fingerprint density at radius 1 is 1.33 bits per heavy atom. The molecule has 1 unspecified atom stereocenters. The van der Waals surface area contributed by atoms with Crippen molar-refractivity contribution in [2.24, 2.45) is 0 Å². The van der Waals surface area contributed by atoms with Crippen molar-refractivity contribution in [2.45, 2.75) is 60.8 Å². The summed E-state index contributed by atoms with van der Waals surface area (Å²) in [6.45, 7) is 0.838. The summed E-state index contributed by atoms with van der Waals surface area (Å²) in [7, 11) is 0. The molecule has 114 valence electrons. The molecule has 1 saturated carbocycles. The Kier molecular flexibility index (Phi) is 4.50. The second-order valence-electron chi connectivity index (χ2n) is 6.02. The molecule has 2 heterocycles. The van der Waals surface area contributed by atoms with Crippen molar-refractivity contribution in [1.82, 2.24) is 4.98 Å². The average Bonchev–Trinajstić information content (AvgIpc) is 2.49. The topological polar surface area (TPSA) is 59.4 Å². The number of thioether (sulfide) groups is 1. The molecule has 1 saturated heterocycles. The first-order valence-corrected chi connectivity index (χ1v) is 8.55. The Labute approximate surface area is 129 Å². The van der Waals surface area contributed by atoms with Crippen LogP contribution in [0.2, 0.25) is 0 Å². The highest BCUT2D eigenvalue weighted by molar-refractivity contribution is 7.99. The van der Waals surface area contributed by atoms with Crippen LogP contribution in [0.4, 0.5) is 0 Å². The average molecular weight is 307 g/mol. The molecule has 1 aliphatic heterocycles. The Morgan fingerprint density at radius 2 is 2.14 bits per heavy atom. The molecular formula is C16H21NO3S. The van der Waals surface area contributed by atoms with Crippen molar-refractivity contribution in [3.63, 3.8) is 0 Å². The molecule has 5 heteroatoms. The third-order valence-electron chi connectivity index (χ3n) is 4.48.